The van der Waals surface area contributed by atoms with E-state index in [9.17, 15) is 0 Å². The van der Waals surface area contributed by atoms with Crippen molar-refractivity contribution < 1.29 is 0 Å². The number of fused-ring (bicyclic) bond motifs is 1. The van der Waals surface area contributed by atoms with Gasteiger partial charge in [-0.05, 0) is 49.0 Å². The quantitative estimate of drug-likeness (QED) is 0.708. The lowest BCUT2D eigenvalue weighted by molar-refractivity contribution is 0.652. The highest BCUT2D eigenvalue weighted by Gasteiger charge is 2.13. The van der Waals surface area contributed by atoms with Crippen molar-refractivity contribution in [2.45, 2.75) is 29.9 Å². The average Bonchev–Trinajstić information content (AvgIpc) is 2.86. The molecule has 0 amide bonds. The van der Waals surface area contributed by atoms with Crippen molar-refractivity contribution in [3.8, 4) is 0 Å². The average molecular weight is 298 g/mol. The molecule has 0 aliphatic heterocycles. The molecule has 4 nitrogen and oxygen atoms in total. The highest BCUT2D eigenvalue weighted by molar-refractivity contribution is 7.99. The second kappa shape index (κ2) is 6.74. The summed E-state index contributed by atoms with van der Waals surface area (Å²) in [7, 11) is 0. The Morgan fingerprint density at radius 1 is 1.19 bits per heavy atom. The number of imidazole rings is 1. The predicted octanol–water partition coefficient (Wildman–Crippen LogP) is 3.38. The van der Waals surface area contributed by atoms with Crippen molar-refractivity contribution in [1.29, 1.82) is 0 Å². The topological polar surface area (TPSA) is 42.2 Å². The highest BCUT2D eigenvalue weighted by Crippen LogP contribution is 2.29. The second-order valence-corrected chi connectivity index (χ2v) is 5.75. The molecule has 3 heterocycles. The fourth-order valence-electron chi connectivity index (χ4n) is 2.16. The molecule has 0 radical (unpaired) electrons. The normalized spacial score (nSPS) is 11.1. The third-order valence-corrected chi connectivity index (χ3v) is 4.12. The molecule has 0 spiro atoms. The van der Waals surface area contributed by atoms with E-state index in [4.69, 9.17) is 4.98 Å². The van der Waals surface area contributed by atoms with Crippen LogP contribution in [0.1, 0.15) is 19.0 Å². The summed E-state index contributed by atoms with van der Waals surface area (Å²) < 4.78 is 2.15. The Morgan fingerprint density at radius 3 is 2.90 bits per heavy atom. The molecule has 5 heteroatoms. The van der Waals surface area contributed by atoms with Gasteiger partial charge in [0.25, 0.3) is 0 Å². The van der Waals surface area contributed by atoms with Crippen molar-refractivity contribution in [2.75, 3.05) is 6.54 Å². The number of hydrogen-bond donors (Lipinski definition) is 1. The van der Waals surface area contributed by atoms with E-state index in [-0.39, 0.29) is 0 Å². The fraction of sp³-hybridized carbons (Fsp3) is 0.250. The molecule has 1 N–H and O–H groups in total. The first-order chi connectivity index (χ1) is 10.4. The summed E-state index contributed by atoms with van der Waals surface area (Å²) in [6, 6.07) is 12.0. The summed E-state index contributed by atoms with van der Waals surface area (Å²) >= 11 is 1.61. The molecule has 108 valence electrons. The standard InChI is InChI=1S/C16H18N4S/c1-2-9-17-12-13-16(21-15-8-3-5-10-18-15)19-14-7-4-6-11-20(13)14/h3-8,10-11,17H,2,9,12H2,1H3. The van der Waals surface area contributed by atoms with Crippen LogP contribution in [0.2, 0.25) is 0 Å². The summed E-state index contributed by atoms with van der Waals surface area (Å²) in [5.41, 5.74) is 2.17. The summed E-state index contributed by atoms with van der Waals surface area (Å²) in [5, 5.41) is 5.45. The molecule has 0 unspecified atom stereocenters. The van der Waals surface area contributed by atoms with E-state index in [1.165, 1.54) is 5.69 Å². The Labute approximate surface area is 128 Å². The van der Waals surface area contributed by atoms with Gasteiger partial charge in [0.15, 0.2) is 0 Å². The zero-order chi connectivity index (χ0) is 14.5. The monoisotopic (exact) mass is 298 g/mol. The van der Waals surface area contributed by atoms with Gasteiger partial charge in [-0.1, -0.05) is 19.1 Å². The Hall–Kier alpha value is -1.85. The summed E-state index contributed by atoms with van der Waals surface area (Å²) in [6.07, 6.45) is 5.00. The van der Waals surface area contributed by atoms with E-state index in [1.54, 1.807) is 11.8 Å². The summed E-state index contributed by atoms with van der Waals surface area (Å²) in [5.74, 6) is 0. The van der Waals surface area contributed by atoms with E-state index in [1.807, 2.05) is 42.6 Å². The van der Waals surface area contributed by atoms with Crippen LogP contribution < -0.4 is 5.32 Å². The lowest BCUT2D eigenvalue weighted by Gasteiger charge is -2.06. The van der Waals surface area contributed by atoms with Gasteiger partial charge in [0.2, 0.25) is 0 Å². The Kier molecular flexibility index (Phi) is 4.52. The van der Waals surface area contributed by atoms with Crippen LogP contribution in [0.5, 0.6) is 0 Å². The van der Waals surface area contributed by atoms with Crippen LogP contribution in [0.25, 0.3) is 5.65 Å². The second-order valence-electron chi connectivity index (χ2n) is 4.74. The highest BCUT2D eigenvalue weighted by atomic mass is 32.2. The molecule has 21 heavy (non-hydrogen) atoms. The first-order valence-electron chi connectivity index (χ1n) is 7.14. The number of nitrogens with one attached hydrogen (secondary N) is 1. The Balaban J connectivity index is 1.94. The number of rotatable bonds is 6. The van der Waals surface area contributed by atoms with Gasteiger partial charge < -0.3 is 9.72 Å². The van der Waals surface area contributed by atoms with Crippen LogP contribution in [0.4, 0.5) is 0 Å². The van der Waals surface area contributed by atoms with Gasteiger partial charge in [0.1, 0.15) is 15.7 Å². The molecule has 3 rings (SSSR count). The van der Waals surface area contributed by atoms with E-state index in [0.29, 0.717) is 0 Å². The minimum Gasteiger partial charge on any atom is -0.311 e. The van der Waals surface area contributed by atoms with Crippen LogP contribution in [0, 0.1) is 0 Å². The van der Waals surface area contributed by atoms with Gasteiger partial charge in [-0.2, -0.15) is 0 Å². The van der Waals surface area contributed by atoms with Gasteiger partial charge in [-0.3, -0.25) is 0 Å². The number of aromatic nitrogens is 3. The van der Waals surface area contributed by atoms with E-state index in [0.717, 1.165) is 35.2 Å². The molecule has 3 aromatic heterocycles. The molecule has 0 atom stereocenters. The van der Waals surface area contributed by atoms with Crippen LogP contribution in [0.3, 0.4) is 0 Å². The van der Waals surface area contributed by atoms with Crippen LogP contribution in [0.15, 0.2) is 58.8 Å². The van der Waals surface area contributed by atoms with Gasteiger partial charge in [0.05, 0.1) is 5.69 Å². The smallest absolute Gasteiger partial charge is 0.138 e. The van der Waals surface area contributed by atoms with E-state index < -0.39 is 0 Å². The molecule has 0 aliphatic rings. The first kappa shape index (κ1) is 14.1. The maximum absolute atomic E-state index is 4.73. The molecule has 0 aliphatic carbocycles. The van der Waals surface area contributed by atoms with E-state index >= 15 is 0 Å². The van der Waals surface area contributed by atoms with Crippen LogP contribution in [-0.4, -0.2) is 20.9 Å². The number of pyridine rings is 2. The summed E-state index contributed by atoms with van der Waals surface area (Å²) in [4.78, 5) is 9.11. The van der Waals surface area contributed by atoms with Crippen molar-refractivity contribution in [1.82, 2.24) is 19.7 Å². The van der Waals surface area contributed by atoms with Gasteiger partial charge in [-0.25, -0.2) is 9.97 Å². The maximum Gasteiger partial charge on any atom is 0.138 e. The van der Waals surface area contributed by atoms with Crippen LogP contribution in [-0.2, 0) is 6.54 Å². The van der Waals surface area contributed by atoms with Crippen molar-refractivity contribution in [3.63, 3.8) is 0 Å². The number of nitrogens with zero attached hydrogens (tertiary/aromatic N) is 3. The Bertz CT molecular complexity index is 709. The van der Waals surface area contributed by atoms with Crippen molar-refractivity contribution in [2.24, 2.45) is 0 Å². The summed E-state index contributed by atoms with van der Waals surface area (Å²) in [6.45, 7) is 3.99. The number of hydrogen-bond acceptors (Lipinski definition) is 4. The fourth-order valence-corrected chi connectivity index (χ4v) is 3.04. The minimum atomic E-state index is 0.814. The third kappa shape index (κ3) is 3.25. The zero-order valence-electron chi connectivity index (χ0n) is 12.0. The largest absolute Gasteiger partial charge is 0.311 e. The maximum atomic E-state index is 4.73. The predicted molar refractivity (Wildman–Crippen MR) is 85.5 cm³/mol. The lowest BCUT2D eigenvalue weighted by atomic mass is 10.4. The zero-order valence-corrected chi connectivity index (χ0v) is 12.8. The molecule has 3 aromatic rings. The molecule has 0 fully saturated rings. The van der Waals surface area contributed by atoms with Crippen molar-refractivity contribution in [3.05, 3.63) is 54.5 Å². The Morgan fingerprint density at radius 2 is 2.10 bits per heavy atom. The van der Waals surface area contributed by atoms with Crippen molar-refractivity contribution >= 4 is 17.4 Å². The molecule has 0 saturated heterocycles. The van der Waals surface area contributed by atoms with Gasteiger partial charge in [0, 0.05) is 18.9 Å². The molecular formula is C16H18N4S. The van der Waals surface area contributed by atoms with Gasteiger partial charge in [-0.15, -0.1) is 0 Å². The SMILES string of the molecule is CCCNCc1c(Sc2ccccn2)nc2ccccn12. The lowest BCUT2D eigenvalue weighted by Crippen LogP contribution is -2.15. The molecule has 0 bridgehead atoms. The molecular weight excluding hydrogens is 280 g/mol. The third-order valence-electron chi connectivity index (χ3n) is 3.15. The minimum absolute atomic E-state index is 0.814. The molecule has 0 saturated carbocycles. The first-order valence-corrected chi connectivity index (χ1v) is 7.95. The molecule has 0 aromatic carbocycles. The van der Waals surface area contributed by atoms with Gasteiger partial charge >= 0.3 is 0 Å². The van der Waals surface area contributed by atoms with Crippen LogP contribution >= 0.6 is 11.8 Å². The van der Waals surface area contributed by atoms with E-state index in [2.05, 4.69) is 27.8 Å².